The van der Waals surface area contributed by atoms with Gasteiger partial charge < -0.3 is 9.84 Å². The Hall–Kier alpha value is -1.55. The molecule has 4 heteroatoms. The summed E-state index contributed by atoms with van der Waals surface area (Å²) in [6.07, 6.45) is 0. The number of likely N-dealkylation sites (N-methyl/N-ethyl adjacent to an activating group) is 1. The van der Waals surface area contributed by atoms with Crippen LogP contribution in [-0.2, 0) is 4.79 Å². The molecule has 0 aliphatic heterocycles. The summed E-state index contributed by atoms with van der Waals surface area (Å²) in [7, 11) is 0. The first-order valence-electron chi connectivity index (χ1n) is 6.34. The monoisotopic (exact) mass is 251 g/mol. The minimum Gasteiger partial charge on any atom is -0.494 e. The van der Waals surface area contributed by atoms with Crippen molar-refractivity contribution in [3.8, 4) is 5.75 Å². The normalized spacial score (nSPS) is 12.4. The van der Waals surface area contributed by atoms with Crippen molar-refractivity contribution in [2.45, 2.75) is 26.8 Å². The molecule has 0 saturated carbocycles. The molecule has 0 aliphatic rings. The molecular weight excluding hydrogens is 230 g/mol. The fourth-order valence-corrected chi connectivity index (χ4v) is 2.07. The van der Waals surface area contributed by atoms with Gasteiger partial charge in [-0.1, -0.05) is 32.0 Å². The van der Waals surface area contributed by atoms with E-state index in [1.54, 1.807) is 0 Å². The number of nitrogens with zero attached hydrogens (tertiary/aromatic N) is 1. The average molecular weight is 251 g/mol. The van der Waals surface area contributed by atoms with Crippen molar-refractivity contribution in [1.82, 2.24) is 4.90 Å². The van der Waals surface area contributed by atoms with Crippen molar-refractivity contribution in [2.75, 3.05) is 19.7 Å². The summed E-state index contributed by atoms with van der Waals surface area (Å²) in [4.78, 5) is 13.4. The number of benzene rings is 1. The topological polar surface area (TPSA) is 49.8 Å². The summed E-state index contributed by atoms with van der Waals surface area (Å²) < 4.78 is 5.52. The van der Waals surface area contributed by atoms with Gasteiger partial charge >= 0.3 is 5.97 Å². The van der Waals surface area contributed by atoms with Gasteiger partial charge in [0.05, 0.1) is 6.61 Å². The van der Waals surface area contributed by atoms with Crippen LogP contribution in [0, 0.1) is 0 Å². The van der Waals surface area contributed by atoms with E-state index in [1.165, 1.54) is 0 Å². The highest BCUT2D eigenvalue weighted by atomic mass is 16.5. The molecule has 4 nitrogen and oxygen atoms in total. The third-order valence-corrected chi connectivity index (χ3v) is 2.92. The number of hydrogen-bond donors (Lipinski definition) is 1. The maximum Gasteiger partial charge on any atom is 0.325 e. The van der Waals surface area contributed by atoms with Gasteiger partial charge in [0, 0.05) is 5.56 Å². The number of carbonyl (C=O) groups is 1. The Balaban J connectivity index is 3.16. The van der Waals surface area contributed by atoms with E-state index in [4.69, 9.17) is 4.74 Å². The van der Waals surface area contributed by atoms with Crippen LogP contribution in [0.4, 0.5) is 0 Å². The van der Waals surface area contributed by atoms with E-state index in [9.17, 15) is 9.90 Å². The minimum absolute atomic E-state index is 0.529. The highest BCUT2D eigenvalue weighted by Gasteiger charge is 2.27. The molecule has 0 aliphatic carbocycles. The average Bonchev–Trinajstić information content (AvgIpc) is 2.37. The first-order valence-corrected chi connectivity index (χ1v) is 6.34. The van der Waals surface area contributed by atoms with Crippen LogP contribution in [-0.4, -0.2) is 35.7 Å². The zero-order chi connectivity index (χ0) is 13.5. The van der Waals surface area contributed by atoms with E-state index in [0.29, 0.717) is 25.4 Å². The van der Waals surface area contributed by atoms with Gasteiger partial charge in [-0.3, -0.25) is 9.69 Å². The molecule has 0 heterocycles. The Morgan fingerprint density at radius 1 is 1.28 bits per heavy atom. The van der Waals surface area contributed by atoms with E-state index in [0.717, 1.165) is 5.56 Å². The summed E-state index contributed by atoms with van der Waals surface area (Å²) in [5, 5.41) is 9.45. The summed E-state index contributed by atoms with van der Waals surface area (Å²) in [5.74, 6) is -0.190. The van der Waals surface area contributed by atoms with Crippen LogP contribution in [0.15, 0.2) is 24.3 Å². The number of carboxylic acids is 1. The van der Waals surface area contributed by atoms with Gasteiger partial charge in [-0.05, 0) is 26.1 Å². The van der Waals surface area contributed by atoms with Crippen LogP contribution in [0.1, 0.15) is 32.4 Å². The highest BCUT2D eigenvalue weighted by molar-refractivity contribution is 5.76. The SMILES string of the molecule is CCOc1ccccc1C(C(=O)O)N(CC)CC. The predicted molar refractivity (Wildman–Crippen MR) is 70.9 cm³/mol. The number of para-hydroxylation sites is 1. The predicted octanol–water partition coefficient (Wildman–Crippen LogP) is 2.55. The molecule has 0 saturated heterocycles. The molecule has 1 atom stereocenters. The maximum atomic E-state index is 11.5. The second-order valence-electron chi connectivity index (χ2n) is 3.93. The van der Waals surface area contributed by atoms with Crippen molar-refractivity contribution >= 4 is 5.97 Å². The molecule has 0 spiro atoms. The first kappa shape index (κ1) is 14.5. The Morgan fingerprint density at radius 3 is 2.39 bits per heavy atom. The molecule has 0 radical (unpaired) electrons. The quantitative estimate of drug-likeness (QED) is 0.809. The Morgan fingerprint density at radius 2 is 1.89 bits per heavy atom. The summed E-state index contributed by atoms with van der Waals surface area (Å²) in [5.41, 5.74) is 0.718. The van der Waals surface area contributed by atoms with Crippen LogP contribution >= 0.6 is 0 Å². The number of carboxylic acid groups (broad SMARTS) is 1. The third kappa shape index (κ3) is 3.23. The largest absolute Gasteiger partial charge is 0.494 e. The van der Waals surface area contributed by atoms with Gasteiger partial charge in [-0.2, -0.15) is 0 Å². The highest BCUT2D eigenvalue weighted by Crippen LogP contribution is 2.29. The Bertz CT molecular complexity index is 388. The van der Waals surface area contributed by atoms with Crippen LogP contribution in [0.2, 0.25) is 0 Å². The summed E-state index contributed by atoms with van der Waals surface area (Å²) in [6.45, 7) is 7.72. The number of aliphatic carboxylic acids is 1. The molecule has 1 N–H and O–H groups in total. The van der Waals surface area contributed by atoms with Gasteiger partial charge in [0.25, 0.3) is 0 Å². The molecule has 1 unspecified atom stereocenters. The molecule has 100 valence electrons. The van der Waals surface area contributed by atoms with Crippen molar-refractivity contribution < 1.29 is 14.6 Å². The second kappa shape index (κ2) is 7.01. The van der Waals surface area contributed by atoms with E-state index >= 15 is 0 Å². The fraction of sp³-hybridized carbons (Fsp3) is 0.500. The molecule has 0 fully saturated rings. The van der Waals surface area contributed by atoms with Crippen LogP contribution in [0.3, 0.4) is 0 Å². The molecular formula is C14H21NO3. The number of rotatable bonds is 7. The number of ether oxygens (including phenoxy) is 1. The fourth-order valence-electron chi connectivity index (χ4n) is 2.07. The van der Waals surface area contributed by atoms with Gasteiger partial charge in [-0.15, -0.1) is 0 Å². The van der Waals surface area contributed by atoms with Gasteiger partial charge in [-0.25, -0.2) is 0 Å². The second-order valence-corrected chi connectivity index (χ2v) is 3.93. The molecule has 1 aromatic rings. The van der Waals surface area contributed by atoms with Gasteiger partial charge in [0.2, 0.25) is 0 Å². The zero-order valence-electron chi connectivity index (χ0n) is 11.2. The lowest BCUT2D eigenvalue weighted by molar-refractivity contribution is -0.143. The lowest BCUT2D eigenvalue weighted by atomic mass is 10.0. The molecule has 0 amide bonds. The number of hydrogen-bond acceptors (Lipinski definition) is 3. The van der Waals surface area contributed by atoms with E-state index in [1.807, 2.05) is 49.9 Å². The molecule has 0 aromatic heterocycles. The lowest BCUT2D eigenvalue weighted by Gasteiger charge is -2.27. The van der Waals surface area contributed by atoms with Gasteiger partial charge in [0.15, 0.2) is 0 Å². The first-order chi connectivity index (χ1) is 8.65. The van der Waals surface area contributed by atoms with E-state index in [2.05, 4.69) is 0 Å². The van der Waals surface area contributed by atoms with Crippen molar-refractivity contribution in [3.63, 3.8) is 0 Å². The summed E-state index contributed by atoms with van der Waals surface area (Å²) in [6, 6.07) is 6.69. The third-order valence-electron chi connectivity index (χ3n) is 2.92. The Labute approximate surface area is 108 Å². The zero-order valence-corrected chi connectivity index (χ0v) is 11.2. The standard InChI is InChI=1S/C14H21NO3/c1-4-15(5-2)13(14(16)17)11-9-7-8-10-12(11)18-6-3/h7-10,13H,4-6H2,1-3H3,(H,16,17). The van der Waals surface area contributed by atoms with E-state index < -0.39 is 12.0 Å². The smallest absolute Gasteiger partial charge is 0.325 e. The minimum atomic E-state index is -0.842. The van der Waals surface area contributed by atoms with Crippen molar-refractivity contribution in [2.24, 2.45) is 0 Å². The van der Waals surface area contributed by atoms with Crippen molar-refractivity contribution in [3.05, 3.63) is 29.8 Å². The van der Waals surface area contributed by atoms with Crippen LogP contribution in [0.5, 0.6) is 5.75 Å². The van der Waals surface area contributed by atoms with Crippen LogP contribution < -0.4 is 4.74 Å². The molecule has 0 bridgehead atoms. The maximum absolute atomic E-state index is 11.5. The van der Waals surface area contributed by atoms with Gasteiger partial charge in [0.1, 0.15) is 11.8 Å². The van der Waals surface area contributed by atoms with Crippen LogP contribution in [0.25, 0.3) is 0 Å². The Kier molecular flexibility index (Phi) is 5.65. The summed E-state index contributed by atoms with van der Waals surface area (Å²) >= 11 is 0. The molecule has 1 rings (SSSR count). The molecule has 18 heavy (non-hydrogen) atoms. The van der Waals surface area contributed by atoms with Crippen molar-refractivity contribution in [1.29, 1.82) is 0 Å². The molecule has 1 aromatic carbocycles. The lowest BCUT2D eigenvalue weighted by Crippen LogP contribution is -2.34. The van der Waals surface area contributed by atoms with E-state index in [-0.39, 0.29) is 0 Å².